The molecular weight excluding hydrogens is 376 g/mol. The second-order valence-electron chi connectivity index (χ2n) is 10.0. The Balaban J connectivity index is 2.67. The van der Waals surface area contributed by atoms with Gasteiger partial charge in [0.1, 0.15) is 0 Å². The zero-order chi connectivity index (χ0) is 22.2. The molecule has 1 N–H and O–H groups in total. The summed E-state index contributed by atoms with van der Waals surface area (Å²) in [6.07, 6.45) is 13.1. The van der Waals surface area contributed by atoms with Crippen LogP contribution < -0.4 is 0 Å². The molecule has 3 nitrogen and oxygen atoms in total. The van der Waals surface area contributed by atoms with Crippen LogP contribution in [0.5, 0.6) is 0 Å². The summed E-state index contributed by atoms with van der Waals surface area (Å²) >= 11 is 0. The second kappa shape index (κ2) is 10.9. The van der Waals surface area contributed by atoms with Crippen LogP contribution in [0.3, 0.4) is 0 Å². The maximum absolute atomic E-state index is 11.9. The minimum absolute atomic E-state index is 0.0884. The van der Waals surface area contributed by atoms with Crippen molar-refractivity contribution in [2.24, 2.45) is 5.41 Å². The van der Waals surface area contributed by atoms with Gasteiger partial charge in [-0.05, 0) is 55.7 Å². The second-order valence-corrected chi connectivity index (χ2v) is 15.6. The van der Waals surface area contributed by atoms with Crippen molar-refractivity contribution < 1.29 is 14.6 Å². The summed E-state index contributed by atoms with van der Waals surface area (Å²) in [7, 11) is -1.18. The molecule has 0 aliphatic heterocycles. The van der Waals surface area contributed by atoms with Crippen molar-refractivity contribution in [3.8, 4) is 0 Å². The molecule has 0 bridgehead atoms. The SMILES string of the molecule is CC1=C(/C=C/C(C)=C/C=C/C(C)=C/C(=O)OCC[Si-](C)(C)C)C(C)(C)CCC1O. The highest BCUT2D eigenvalue weighted by molar-refractivity contribution is 6.76. The zero-order valence-corrected chi connectivity index (χ0v) is 20.6. The average molecular weight is 417 g/mol. The van der Waals surface area contributed by atoms with Gasteiger partial charge in [0, 0.05) is 6.08 Å². The van der Waals surface area contributed by atoms with E-state index < -0.39 is 8.07 Å². The van der Waals surface area contributed by atoms with Gasteiger partial charge in [0.05, 0.1) is 12.7 Å². The van der Waals surface area contributed by atoms with E-state index in [-0.39, 0.29) is 17.5 Å². The molecule has 0 saturated carbocycles. The topological polar surface area (TPSA) is 46.5 Å². The Hall–Kier alpha value is -1.65. The first kappa shape index (κ1) is 25.4. The average Bonchev–Trinajstić information content (AvgIpc) is 2.57. The van der Waals surface area contributed by atoms with E-state index in [0.29, 0.717) is 6.61 Å². The minimum Gasteiger partial charge on any atom is -0.466 e. The molecule has 29 heavy (non-hydrogen) atoms. The van der Waals surface area contributed by atoms with Crippen LogP contribution in [0.4, 0.5) is 0 Å². The summed E-state index contributed by atoms with van der Waals surface area (Å²) < 4.78 is 5.29. The Morgan fingerprint density at radius 2 is 1.86 bits per heavy atom. The highest BCUT2D eigenvalue weighted by Crippen LogP contribution is 2.40. The van der Waals surface area contributed by atoms with Crippen LogP contribution in [0.15, 0.2) is 58.7 Å². The zero-order valence-electron chi connectivity index (χ0n) is 19.6. The predicted molar refractivity (Wildman–Crippen MR) is 127 cm³/mol. The molecular formula is C25H40O3Si-. The molecule has 4 heteroatoms. The van der Waals surface area contributed by atoms with Gasteiger partial charge in [-0.1, -0.05) is 49.8 Å². The maximum Gasteiger partial charge on any atom is 0.330 e. The Kier molecular flexibility index (Phi) is 9.57. The number of allylic oxidation sites excluding steroid dienone is 8. The molecule has 1 aliphatic rings. The third-order valence-corrected chi connectivity index (χ3v) is 7.07. The first-order valence-corrected chi connectivity index (χ1v) is 14.3. The van der Waals surface area contributed by atoms with Gasteiger partial charge in [0.15, 0.2) is 0 Å². The molecule has 0 radical (unpaired) electrons. The molecule has 1 atom stereocenters. The summed E-state index contributed by atoms with van der Waals surface area (Å²) in [5.74, 6) is -0.272. The Labute approximate surface area is 178 Å². The molecule has 0 aromatic rings. The first-order valence-electron chi connectivity index (χ1n) is 10.6. The monoisotopic (exact) mass is 416 g/mol. The predicted octanol–water partition coefficient (Wildman–Crippen LogP) is 6.37. The lowest BCUT2D eigenvalue weighted by Gasteiger charge is -2.35. The maximum atomic E-state index is 11.9. The fourth-order valence-electron chi connectivity index (χ4n) is 3.27. The third-order valence-electron chi connectivity index (χ3n) is 5.37. The van der Waals surface area contributed by atoms with E-state index >= 15 is 0 Å². The molecule has 0 heterocycles. The van der Waals surface area contributed by atoms with Gasteiger partial charge in [-0.3, -0.25) is 0 Å². The number of ether oxygens (including phenoxy) is 1. The summed E-state index contributed by atoms with van der Waals surface area (Å²) in [6, 6.07) is 0.986. The number of aliphatic hydroxyl groups excluding tert-OH is 1. The Bertz CT molecular complexity index is 728. The molecule has 0 saturated heterocycles. The lowest BCUT2D eigenvalue weighted by molar-refractivity contribution is -0.137. The van der Waals surface area contributed by atoms with Crippen molar-refractivity contribution in [2.75, 3.05) is 6.61 Å². The van der Waals surface area contributed by atoms with Crippen molar-refractivity contribution >= 4 is 14.0 Å². The van der Waals surface area contributed by atoms with E-state index in [9.17, 15) is 9.90 Å². The number of carbonyl (C=O) groups is 1. The van der Waals surface area contributed by atoms with Crippen molar-refractivity contribution in [2.45, 2.75) is 79.2 Å². The van der Waals surface area contributed by atoms with Crippen LogP contribution in [0.1, 0.15) is 47.5 Å². The number of hydrogen-bond donors (Lipinski definition) is 1. The van der Waals surface area contributed by atoms with E-state index in [1.807, 2.05) is 39.0 Å². The molecule has 0 aromatic carbocycles. The van der Waals surface area contributed by atoms with Crippen LogP contribution in [0.25, 0.3) is 0 Å². The summed E-state index contributed by atoms with van der Waals surface area (Å²) in [6.45, 7) is 17.8. The molecule has 1 unspecified atom stereocenters. The lowest BCUT2D eigenvalue weighted by Crippen LogP contribution is -2.27. The highest BCUT2D eigenvalue weighted by Gasteiger charge is 2.30. The van der Waals surface area contributed by atoms with Gasteiger partial charge in [0.25, 0.3) is 0 Å². The van der Waals surface area contributed by atoms with E-state index in [4.69, 9.17) is 4.74 Å². The van der Waals surface area contributed by atoms with E-state index in [2.05, 4.69) is 45.6 Å². The quantitative estimate of drug-likeness (QED) is 0.216. The van der Waals surface area contributed by atoms with Crippen molar-refractivity contribution in [3.05, 3.63) is 58.7 Å². The molecule has 0 amide bonds. The summed E-state index contributed by atoms with van der Waals surface area (Å²) in [5.41, 5.74) is 4.37. The molecule has 1 aliphatic carbocycles. The standard InChI is InChI=1S/C25H40O3Si/c1-19(12-13-22-21(3)23(26)14-15-25(22,4)5)10-9-11-20(2)18-24(27)28-16-17-29(6,7)8/h9-13,18,23,26H,14-17H2,1-8H3/q-1/b11-9+,13-12+,19-10+,20-18+. The van der Waals surface area contributed by atoms with E-state index in [0.717, 1.165) is 35.6 Å². The minimum atomic E-state index is -1.18. The number of esters is 1. The molecule has 163 valence electrons. The van der Waals surface area contributed by atoms with Crippen molar-refractivity contribution in [3.63, 3.8) is 0 Å². The van der Waals surface area contributed by atoms with Crippen LogP contribution in [0.2, 0.25) is 25.7 Å². The Morgan fingerprint density at radius 3 is 2.48 bits per heavy atom. The van der Waals surface area contributed by atoms with Crippen LogP contribution in [-0.2, 0) is 9.53 Å². The first-order chi connectivity index (χ1) is 13.3. The van der Waals surface area contributed by atoms with Gasteiger partial charge < -0.3 is 9.84 Å². The Morgan fingerprint density at radius 1 is 1.21 bits per heavy atom. The number of rotatable bonds is 8. The number of carbonyl (C=O) groups excluding carboxylic acids is 1. The fraction of sp³-hybridized carbons (Fsp3) is 0.560. The van der Waals surface area contributed by atoms with Gasteiger partial charge >= 0.3 is 5.97 Å². The van der Waals surface area contributed by atoms with E-state index in [1.54, 1.807) is 6.08 Å². The molecule has 0 fully saturated rings. The van der Waals surface area contributed by atoms with Crippen LogP contribution in [-0.4, -0.2) is 31.9 Å². The van der Waals surface area contributed by atoms with Crippen LogP contribution >= 0.6 is 0 Å². The summed E-state index contributed by atoms with van der Waals surface area (Å²) in [4.78, 5) is 11.9. The van der Waals surface area contributed by atoms with Gasteiger partial charge in [-0.2, -0.15) is 19.6 Å². The third kappa shape index (κ3) is 9.59. The van der Waals surface area contributed by atoms with Gasteiger partial charge in [-0.15, -0.1) is 14.1 Å². The molecule has 0 spiro atoms. The number of aliphatic hydroxyl groups is 1. The van der Waals surface area contributed by atoms with Crippen molar-refractivity contribution in [1.29, 1.82) is 0 Å². The lowest BCUT2D eigenvalue weighted by atomic mass is 9.71. The molecule has 0 aromatic heterocycles. The van der Waals surface area contributed by atoms with E-state index in [1.165, 1.54) is 5.57 Å². The summed E-state index contributed by atoms with van der Waals surface area (Å²) in [5, 5.41) is 10.2. The van der Waals surface area contributed by atoms with Crippen LogP contribution in [0, 0.1) is 5.41 Å². The smallest absolute Gasteiger partial charge is 0.330 e. The largest absolute Gasteiger partial charge is 0.466 e. The van der Waals surface area contributed by atoms with Gasteiger partial charge in [-0.25, -0.2) is 4.79 Å². The molecule has 1 rings (SSSR count). The fourth-order valence-corrected chi connectivity index (χ4v) is 3.99. The van der Waals surface area contributed by atoms with Gasteiger partial charge in [0.2, 0.25) is 0 Å². The number of hydrogen-bond acceptors (Lipinski definition) is 3. The highest BCUT2D eigenvalue weighted by atomic mass is 28.3. The normalized spacial score (nSPS) is 21.3. The van der Waals surface area contributed by atoms with Crippen molar-refractivity contribution in [1.82, 2.24) is 0 Å².